The minimum absolute atomic E-state index is 0.380. The summed E-state index contributed by atoms with van der Waals surface area (Å²) in [6.07, 6.45) is 0. The van der Waals surface area contributed by atoms with E-state index in [2.05, 4.69) is 110 Å². The summed E-state index contributed by atoms with van der Waals surface area (Å²) in [7, 11) is 0. The molecule has 0 saturated carbocycles. The molecule has 322 valence electrons. The molecule has 0 bridgehead atoms. The molecule has 0 spiro atoms. The van der Waals surface area contributed by atoms with E-state index in [1.54, 1.807) is 35.6 Å². The van der Waals surface area contributed by atoms with Crippen molar-refractivity contribution in [3.05, 3.63) is 234 Å². The summed E-state index contributed by atoms with van der Waals surface area (Å²) in [6.45, 7) is 23.8. The molecule has 0 radical (unpaired) electrons. The maximum Gasteiger partial charge on any atom is 0.196 e. The maximum absolute atomic E-state index is 9.72. The van der Waals surface area contributed by atoms with Crippen LogP contribution in [0.1, 0.15) is 5.56 Å². The lowest BCUT2D eigenvalue weighted by Gasteiger charge is -2.17. The zero-order valence-electron chi connectivity index (χ0n) is 37.0. The van der Waals surface area contributed by atoms with Gasteiger partial charge < -0.3 is 4.57 Å². The maximum atomic E-state index is 9.72. The van der Waals surface area contributed by atoms with E-state index in [4.69, 9.17) is 34.7 Å². The Morgan fingerprint density at radius 3 is 1.60 bits per heavy atom. The summed E-state index contributed by atoms with van der Waals surface area (Å²) >= 11 is 1.78. The average Bonchev–Trinajstić information content (AvgIpc) is 3.97. The largest absolute Gasteiger partial charge is 0.308 e. The highest BCUT2D eigenvalue weighted by atomic mass is 32.1. The quantitative estimate of drug-likeness (QED) is 0.149. The van der Waals surface area contributed by atoms with Crippen molar-refractivity contribution in [1.82, 2.24) is 19.5 Å². The summed E-state index contributed by atoms with van der Waals surface area (Å²) in [6, 6.07) is 66.5. The van der Waals surface area contributed by atoms with E-state index < -0.39 is 0 Å². The van der Waals surface area contributed by atoms with Gasteiger partial charge in [0.15, 0.2) is 34.5 Å². The molecule has 70 heavy (non-hydrogen) atoms. The fourth-order valence-corrected chi connectivity index (χ4v) is 10.5. The van der Waals surface area contributed by atoms with E-state index in [1.807, 2.05) is 84.9 Å². The molecule has 9 heteroatoms. The van der Waals surface area contributed by atoms with Crippen molar-refractivity contribution in [1.29, 1.82) is 5.26 Å². The summed E-state index contributed by atoms with van der Waals surface area (Å²) in [4.78, 5) is 27.0. The number of nitrogens with zero attached hydrogens (tertiary/aromatic N) is 8. The summed E-state index contributed by atoms with van der Waals surface area (Å²) in [5, 5.41) is 14.1. The Morgan fingerprint density at radius 2 is 0.957 bits per heavy atom. The molecular weight excluding hydrogens is 877 g/mol. The van der Waals surface area contributed by atoms with Gasteiger partial charge in [-0.25, -0.2) is 29.5 Å². The summed E-state index contributed by atoms with van der Waals surface area (Å²) in [5.74, 6) is 1.53. The third kappa shape index (κ3) is 7.08. The minimum Gasteiger partial charge on any atom is -0.308 e. The molecule has 0 fully saturated rings. The van der Waals surface area contributed by atoms with Crippen LogP contribution < -0.4 is 0 Å². The topological polar surface area (TPSA) is 80.5 Å². The zero-order valence-corrected chi connectivity index (χ0v) is 37.8. The Bertz CT molecular complexity index is 4100. The second kappa shape index (κ2) is 17.0. The van der Waals surface area contributed by atoms with Crippen LogP contribution in [-0.4, -0.2) is 19.5 Å². The third-order valence-electron chi connectivity index (χ3n) is 12.8. The van der Waals surface area contributed by atoms with Crippen molar-refractivity contribution >= 4 is 70.4 Å². The molecule has 0 unspecified atom stereocenters. The van der Waals surface area contributed by atoms with Gasteiger partial charge in [0.25, 0.3) is 0 Å². The molecule has 8 nitrogen and oxygen atoms in total. The Hall–Kier alpha value is -10.0. The average molecular weight is 909 g/mol. The van der Waals surface area contributed by atoms with Gasteiger partial charge in [-0.1, -0.05) is 146 Å². The predicted molar refractivity (Wildman–Crippen MR) is 283 cm³/mol. The molecule has 3 heterocycles. The smallest absolute Gasteiger partial charge is 0.196 e. The monoisotopic (exact) mass is 908 g/mol. The van der Waals surface area contributed by atoms with Crippen molar-refractivity contribution in [3.8, 4) is 79.3 Å². The van der Waals surface area contributed by atoms with Crippen molar-refractivity contribution in [2.45, 2.75) is 0 Å². The van der Waals surface area contributed by atoms with Gasteiger partial charge in [0.2, 0.25) is 0 Å². The first-order valence-electron chi connectivity index (χ1n) is 22.3. The van der Waals surface area contributed by atoms with Gasteiger partial charge in [0.1, 0.15) is 0 Å². The van der Waals surface area contributed by atoms with Crippen LogP contribution in [0.4, 0.5) is 17.1 Å². The van der Waals surface area contributed by atoms with Crippen LogP contribution in [0, 0.1) is 31.0 Å². The lowest BCUT2D eigenvalue weighted by atomic mass is 9.99. The lowest BCUT2D eigenvalue weighted by molar-refractivity contribution is 1.06. The van der Waals surface area contributed by atoms with Crippen molar-refractivity contribution in [2.24, 2.45) is 0 Å². The van der Waals surface area contributed by atoms with E-state index in [9.17, 15) is 5.26 Å². The van der Waals surface area contributed by atoms with Gasteiger partial charge >= 0.3 is 0 Å². The van der Waals surface area contributed by atoms with Gasteiger partial charge in [0, 0.05) is 53.2 Å². The van der Waals surface area contributed by atoms with E-state index >= 15 is 0 Å². The molecule has 12 rings (SSSR count). The SMILES string of the molecule is [C-]#[N+]c1ccc(-c2ccc3c4ccc(-c5ccc(C#N)cc5[N+]#[C-])cc4n(-c4ccc(-c5ccc6c(c5)sc5ccccc56)cc4-c4nc(-c5ccccc5)nc(-c5ccccc5)n4)c3c2)c([N+]#[C-])c1. The van der Waals surface area contributed by atoms with Crippen molar-refractivity contribution < 1.29 is 0 Å². The standard InChI is InChI=1S/C61H32N8S/c1-63-44-23-28-46(53(35-44)65-3)43-21-26-48-47-25-20-42(45-24-18-37(36-62)30-52(45)64-2)32-55(47)69(56(48)33-43)54-29-22-40(41-19-27-50-49-16-10-11-17-57(49)70-58(50)34-41)31-51(54)61-67-59(38-12-6-4-7-13-38)66-60(68-61)39-14-8-5-9-15-39/h4-35H. The van der Waals surface area contributed by atoms with Crippen LogP contribution in [0.15, 0.2) is 194 Å². The van der Waals surface area contributed by atoms with E-state index in [-0.39, 0.29) is 0 Å². The first-order valence-corrected chi connectivity index (χ1v) is 23.1. The molecule has 9 aromatic carbocycles. The molecule has 0 atom stereocenters. The van der Waals surface area contributed by atoms with E-state index in [1.165, 1.54) is 20.2 Å². The molecule has 3 aromatic heterocycles. The molecule has 0 aliphatic rings. The molecule has 0 saturated heterocycles. The van der Waals surface area contributed by atoms with Crippen LogP contribution >= 0.6 is 11.3 Å². The van der Waals surface area contributed by atoms with Gasteiger partial charge in [-0.3, -0.25) is 0 Å². The number of fused-ring (bicyclic) bond motifs is 6. The number of aromatic nitrogens is 4. The Morgan fingerprint density at radius 1 is 0.414 bits per heavy atom. The van der Waals surface area contributed by atoms with Crippen LogP contribution in [-0.2, 0) is 0 Å². The summed E-state index contributed by atoms with van der Waals surface area (Å²) < 4.78 is 4.65. The molecule has 0 aliphatic heterocycles. The van der Waals surface area contributed by atoms with Gasteiger partial charge in [0.05, 0.1) is 42.5 Å². The summed E-state index contributed by atoms with van der Waals surface area (Å²) in [5.41, 5.74) is 11.6. The van der Waals surface area contributed by atoms with Crippen molar-refractivity contribution in [3.63, 3.8) is 0 Å². The third-order valence-corrected chi connectivity index (χ3v) is 13.9. The minimum atomic E-state index is 0.380. The second-order valence-electron chi connectivity index (χ2n) is 16.8. The van der Waals surface area contributed by atoms with Gasteiger partial charge in [-0.15, -0.1) is 11.3 Å². The fraction of sp³-hybridized carbons (Fsp3) is 0. The zero-order chi connectivity index (χ0) is 47.3. The molecule has 0 aliphatic carbocycles. The van der Waals surface area contributed by atoms with E-state index in [0.29, 0.717) is 51.2 Å². The first-order chi connectivity index (χ1) is 34.5. The number of nitriles is 1. The molecular formula is C61H32N8S. The van der Waals surface area contributed by atoms with Gasteiger partial charge in [-0.05, 0) is 81.9 Å². The van der Waals surface area contributed by atoms with Crippen LogP contribution in [0.25, 0.3) is 130 Å². The number of hydrogen-bond acceptors (Lipinski definition) is 5. The van der Waals surface area contributed by atoms with Crippen LogP contribution in [0.5, 0.6) is 0 Å². The van der Waals surface area contributed by atoms with Crippen molar-refractivity contribution in [2.75, 3.05) is 0 Å². The Balaban J connectivity index is 1.18. The highest BCUT2D eigenvalue weighted by molar-refractivity contribution is 7.25. The molecule has 12 aromatic rings. The number of hydrogen-bond donors (Lipinski definition) is 0. The molecule has 0 amide bonds. The first kappa shape index (κ1) is 41.4. The van der Waals surface area contributed by atoms with Gasteiger partial charge in [-0.2, -0.15) is 5.26 Å². The second-order valence-corrected chi connectivity index (χ2v) is 17.8. The van der Waals surface area contributed by atoms with Crippen LogP contribution in [0.2, 0.25) is 0 Å². The highest BCUT2D eigenvalue weighted by Gasteiger charge is 2.23. The highest BCUT2D eigenvalue weighted by Crippen LogP contribution is 2.44. The number of thiophene rings is 1. The Labute approximate surface area is 406 Å². The fourth-order valence-electron chi connectivity index (χ4n) is 9.40. The molecule has 0 N–H and O–H groups in total. The number of benzene rings is 9. The Kier molecular flexibility index (Phi) is 10.1. The predicted octanol–water partition coefficient (Wildman–Crippen LogP) is 16.9. The number of rotatable bonds is 7. The lowest BCUT2D eigenvalue weighted by Crippen LogP contribution is -2.04. The van der Waals surface area contributed by atoms with Crippen LogP contribution in [0.3, 0.4) is 0 Å². The normalized spacial score (nSPS) is 11.1. The van der Waals surface area contributed by atoms with E-state index in [0.717, 1.165) is 66.4 Å².